The summed E-state index contributed by atoms with van der Waals surface area (Å²) in [4.78, 5) is 2.76. The van der Waals surface area contributed by atoms with Gasteiger partial charge in [-0.25, -0.2) is 0 Å². The lowest BCUT2D eigenvalue weighted by atomic mass is 9.81. The highest BCUT2D eigenvalue weighted by Crippen LogP contribution is 2.34. The van der Waals surface area contributed by atoms with Crippen molar-refractivity contribution in [2.45, 2.75) is 38.6 Å². The van der Waals surface area contributed by atoms with Gasteiger partial charge in [0.1, 0.15) is 0 Å². The van der Waals surface area contributed by atoms with Crippen LogP contribution in [0.4, 0.5) is 0 Å². The topological polar surface area (TPSA) is 15.3 Å². The monoisotopic (exact) mass is 208 g/mol. The highest BCUT2D eigenvalue weighted by atomic mass is 15.2. The van der Waals surface area contributed by atoms with Crippen LogP contribution in [-0.2, 0) is 0 Å². The third kappa shape index (κ3) is 1.94. The smallest absolute Gasteiger partial charge is 0.00698 e. The van der Waals surface area contributed by atoms with Crippen molar-refractivity contribution in [1.29, 1.82) is 0 Å². The first-order valence-electron chi connectivity index (χ1n) is 6.77. The minimum Gasteiger partial charge on any atom is -0.316 e. The SMILES string of the molecule is CC(CC1CCC1)N1C[C@H]2CNC[C@H]2C1. The molecule has 3 rings (SSSR count). The Hall–Kier alpha value is -0.0800. The third-order valence-electron chi connectivity index (χ3n) is 4.94. The van der Waals surface area contributed by atoms with Gasteiger partial charge < -0.3 is 5.32 Å². The van der Waals surface area contributed by atoms with Crippen molar-refractivity contribution in [3.8, 4) is 0 Å². The number of rotatable bonds is 3. The molecule has 0 radical (unpaired) electrons. The fourth-order valence-electron chi connectivity index (χ4n) is 3.61. The summed E-state index contributed by atoms with van der Waals surface area (Å²) in [5.41, 5.74) is 0. The third-order valence-corrected chi connectivity index (χ3v) is 4.94. The van der Waals surface area contributed by atoms with Crippen LogP contribution in [-0.4, -0.2) is 37.1 Å². The van der Waals surface area contributed by atoms with E-state index >= 15 is 0 Å². The van der Waals surface area contributed by atoms with Crippen molar-refractivity contribution in [3.63, 3.8) is 0 Å². The molecule has 0 aromatic heterocycles. The molecule has 2 heteroatoms. The summed E-state index contributed by atoms with van der Waals surface area (Å²) in [6, 6.07) is 0.848. The molecule has 15 heavy (non-hydrogen) atoms. The molecule has 3 aliphatic rings. The molecule has 0 aromatic rings. The van der Waals surface area contributed by atoms with E-state index < -0.39 is 0 Å². The highest BCUT2D eigenvalue weighted by Gasteiger charge is 2.38. The summed E-state index contributed by atoms with van der Waals surface area (Å²) in [5, 5.41) is 3.52. The highest BCUT2D eigenvalue weighted by molar-refractivity contribution is 4.93. The van der Waals surface area contributed by atoms with Crippen LogP contribution >= 0.6 is 0 Å². The normalized spacial score (nSPS) is 39.0. The minimum absolute atomic E-state index is 0.848. The Kier molecular flexibility index (Phi) is 2.73. The summed E-state index contributed by atoms with van der Waals surface area (Å²) in [5.74, 6) is 3.00. The lowest BCUT2D eigenvalue weighted by Crippen LogP contribution is -2.36. The largest absolute Gasteiger partial charge is 0.316 e. The van der Waals surface area contributed by atoms with E-state index in [4.69, 9.17) is 0 Å². The molecule has 0 aromatic carbocycles. The number of fused-ring (bicyclic) bond motifs is 1. The molecule has 2 nitrogen and oxygen atoms in total. The first kappa shape index (κ1) is 10.1. The van der Waals surface area contributed by atoms with Gasteiger partial charge in [-0.2, -0.15) is 0 Å². The molecular formula is C13H24N2. The number of hydrogen-bond acceptors (Lipinski definition) is 2. The lowest BCUT2D eigenvalue weighted by Gasteiger charge is -2.33. The van der Waals surface area contributed by atoms with Crippen molar-refractivity contribution < 1.29 is 0 Å². The number of nitrogens with zero attached hydrogens (tertiary/aromatic N) is 1. The first-order chi connectivity index (χ1) is 7.33. The average Bonchev–Trinajstić information content (AvgIpc) is 2.69. The van der Waals surface area contributed by atoms with Gasteiger partial charge in [0.05, 0.1) is 0 Å². The fraction of sp³-hybridized carbons (Fsp3) is 1.00. The van der Waals surface area contributed by atoms with E-state index in [0.29, 0.717) is 0 Å². The molecule has 1 saturated carbocycles. The Balaban J connectivity index is 1.50. The zero-order valence-corrected chi connectivity index (χ0v) is 9.91. The van der Waals surface area contributed by atoms with E-state index in [1.807, 2.05) is 0 Å². The Morgan fingerprint density at radius 1 is 1.20 bits per heavy atom. The summed E-state index contributed by atoms with van der Waals surface area (Å²) in [6.07, 6.45) is 5.97. The maximum atomic E-state index is 3.52. The molecule has 86 valence electrons. The van der Waals surface area contributed by atoms with Crippen LogP contribution in [0.2, 0.25) is 0 Å². The molecule has 3 fully saturated rings. The van der Waals surface area contributed by atoms with Gasteiger partial charge in [0.25, 0.3) is 0 Å². The second-order valence-corrected chi connectivity index (χ2v) is 6.01. The maximum absolute atomic E-state index is 3.52. The first-order valence-corrected chi connectivity index (χ1v) is 6.77. The van der Waals surface area contributed by atoms with Crippen LogP contribution in [0.15, 0.2) is 0 Å². The quantitative estimate of drug-likeness (QED) is 0.759. The molecule has 0 spiro atoms. The van der Waals surface area contributed by atoms with E-state index in [9.17, 15) is 0 Å². The van der Waals surface area contributed by atoms with E-state index in [1.54, 1.807) is 0 Å². The fourth-order valence-corrected chi connectivity index (χ4v) is 3.61. The number of nitrogens with one attached hydrogen (secondary N) is 1. The van der Waals surface area contributed by atoms with Crippen molar-refractivity contribution >= 4 is 0 Å². The molecule has 2 heterocycles. The van der Waals surface area contributed by atoms with Gasteiger partial charge in [-0.3, -0.25) is 4.90 Å². The predicted molar refractivity (Wildman–Crippen MR) is 62.8 cm³/mol. The summed E-state index contributed by atoms with van der Waals surface area (Å²) in [6.45, 7) is 7.73. The molecule has 3 atom stereocenters. The van der Waals surface area contributed by atoms with Crippen LogP contribution in [0.5, 0.6) is 0 Å². The van der Waals surface area contributed by atoms with Crippen molar-refractivity contribution in [2.24, 2.45) is 17.8 Å². The van der Waals surface area contributed by atoms with Gasteiger partial charge in [0.2, 0.25) is 0 Å². The van der Waals surface area contributed by atoms with Crippen molar-refractivity contribution in [2.75, 3.05) is 26.2 Å². The summed E-state index contributed by atoms with van der Waals surface area (Å²) >= 11 is 0. The van der Waals surface area contributed by atoms with Gasteiger partial charge in [0, 0.05) is 19.1 Å². The summed E-state index contributed by atoms with van der Waals surface area (Å²) in [7, 11) is 0. The zero-order valence-electron chi connectivity index (χ0n) is 9.91. The minimum atomic E-state index is 0.848. The maximum Gasteiger partial charge on any atom is 0.00698 e. The van der Waals surface area contributed by atoms with Crippen molar-refractivity contribution in [3.05, 3.63) is 0 Å². The Morgan fingerprint density at radius 3 is 2.40 bits per heavy atom. The van der Waals surface area contributed by atoms with Crippen molar-refractivity contribution in [1.82, 2.24) is 10.2 Å². The molecule has 1 unspecified atom stereocenters. The second kappa shape index (κ2) is 4.06. The Morgan fingerprint density at radius 2 is 1.87 bits per heavy atom. The van der Waals surface area contributed by atoms with Crippen LogP contribution in [0.1, 0.15) is 32.6 Å². The molecule has 1 N–H and O–H groups in total. The molecule has 0 bridgehead atoms. The number of likely N-dealkylation sites (tertiary alicyclic amines) is 1. The van der Waals surface area contributed by atoms with E-state index in [-0.39, 0.29) is 0 Å². The number of hydrogen-bond donors (Lipinski definition) is 1. The Bertz CT molecular complexity index is 213. The summed E-state index contributed by atoms with van der Waals surface area (Å²) < 4.78 is 0. The molecular weight excluding hydrogens is 184 g/mol. The molecule has 1 aliphatic carbocycles. The molecule has 2 aliphatic heterocycles. The standard InChI is InChI=1S/C13H24N2/c1-10(5-11-3-2-4-11)15-8-12-6-14-7-13(12)9-15/h10-14H,2-9H2,1H3/t10?,12-,13+. The Labute approximate surface area is 93.4 Å². The van der Waals surface area contributed by atoms with Gasteiger partial charge in [0.15, 0.2) is 0 Å². The van der Waals surface area contributed by atoms with Gasteiger partial charge >= 0.3 is 0 Å². The van der Waals surface area contributed by atoms with Crippen LogP contribution in [0, 0.1) is 17.8 Å². The van der Waals surface area contributed by atoms with Crippen LogP contribution in [0.25, 0.3) is 0 Å². The van der Waals surface area contributed by atoms with E-state index in [1.165, 1.54) is 51.9 Å². The van der Waals surface area contributed by atoms with Crippen LogP contribution < -0.4 is 5.32 Å². The van der Waals surface area contributed by atoms with Gasteiger partial charge in [-0.05, 0) is 44.2 Å². The molecule has 0 amide bonds. The molecule has 2 saturated heterocycles. The zero-order chi connectivity index (χ0) is 10.3. The van der Waals surface area contributed by atoms with Gasteiger partial charge in [-0.1, -0.05) is 19.3 Å². The lowest BCUT2D eigenvalue weighted by molar-refractivity contribution is 0.172. The van der Waals surface area contributed by atoms with Crippen LogP contribution in [0.3, 0.4) is 0 Å². The van der Waals surface area contributed by atoms with Gasteiger partial charge in [-0.15, -0.1) is 0 Å². The van der Waals surface area contributed by atoms with E-state index in [2.05, 4.69) is 17.1 Å². The second-order valence-electron chi connectivity index (χ2n) is 6.01. The average molecular weight is 208 g/mol. The van der Waals surface area contributed by atoms with E-state index in [0.717, 1.165) is 23.8 Å². The predicted octanol–water partition coefficient (Wildman–Crippen LogP) is 1.72.